The zero-order valence-electron chi connectivity index (χ0n) is 15.2. The molecule has 4 aliphatic carbocycles. The maximum Gasteiger partial charge on any atom is 0.309 e. The molecule has 0 aromatic heterocycles. The minimum Gasteiger partial charge on any atom is -0.458 e. The lowest BCUT2D eigenvalue weighted by molar-refractivity contribution is -0.251. The van der Waals surface area contributed by atoms with Crippen molar-refractivity contribution in [2.45, 2.75) is 85.2 Å². The van der Waals surface area contributed by atoms with Crippen LogP contribution < -0.4 is 0 Å². The predicted octanol–water partition coefficient (Wildman–Crippen LogP) is 5.21. The molecule has 0 saturated heterocycles. The van der Waals surface area contributed by atoms with Gasteiger partial charge in [-0.25, -0.2) is 0 Å². The van der Waals surface area contributed by atoms with Crippen molar-refractivity contribution in [1.29, 1.82) is 0 Å². The summed E-state index contributed by atoms with van der Waals surface area (Å²) in [4.78, 5) is 12.7. The van der Waals surface area contributed by atoms with Crippen molar-refractivity contribution < 1.29 is 9.53 Å². The van der Waals surface area contributed by atoms with Gasteiger partial charge in [0.15, 0.2) is 0 Å². The van der Waals surface area contributed by atoms with Crippen molar-refractivity contribution in [3.8, 4) is 0 Å². The summed E-state index contributed by atoms with van der Waals surface area (Å²) in [6.45, 7) is 11.1. The van der Waals surface area contributed by atoms with Crippen molar-refractivity contribution >= 4 is 5.97 Å². The molecule has 0 aliphatic heterocycles. The molecule has 0 amide bonds. The van der Waals surface area contributed by atoms with Crippen LogP contribution in [0.25, 0.3) is 0 Å². The summed E-state index contributed by atoms with van der Waals surface area (Å²) < 4.78 is 6.48. The molecule has 4 aliphatic rings. The van der Waals surface area contributed by atoms with E-state index < -0.39 is 0 Å². The van der Waals surface area contributed by atoms with E-state index in [0.717, 1.165) is 24.7 Å². The van der Waals surface area contributed by atoms with Gasteiger partial charge in [0, 0.05) is 17.3 Å². The van der Waals surface area contributed by atoms with Gasteiger partial charge in [0.1, 0.15) is 5.60 Å². The molecule has 126 valence electrons. The summed E-state index contributed by atoms with van der Waals surface area (Å²) in [7, 11) is 0. The molecular formula is C20H34O2. The maximum atomic E-state index is 12.7. The van der Waals surface area contributed by atoms with Gasteiger partial charge in [-0.15, -0.1) is 0 Å². The first-order chi connectivity index (χ1) is 10.3. The predicted molar refractivity (Wildman–Crippen MR) is 89.4 cm³/mol. The fourth-order valence-corrected chi connectivity index (χ4v) is 6.00. The summed E-state index contributed by atoms with van der Waals surface area (Å²) in [5.41, 5.74) is -0.117. The first-order valence-electron chi connectivity index (χ1n) is 9.56. The van der Waals surface area contributed by atoms with Gasteiger partial charge in [-0.3, -0.25) is 4.79 Å². The van der Waals surface area contributed by atoms with Crippen LogP contribution in [0.1, 0.15) is 79.6 Å². The van der Waals surface area contributed by atoms with Crippen LogP contribution in [0.3, 0.4) is 0 Å². The Morgan fingerprint density at radius 2 is 1.59 bits per heavy atom. The number of hydrogen-bond acceptors (Lipinski definition) is 2. The highest BCUT2D eigenvalue weighted by Crippen LogP contribution is 2.65. The lowest BCUT2D eigenvalue weighted by Gasteiger charge is -2.65. The van der Waals surface area contributed by atoms with E-state index in [2.05, 4.69) is 27.7 Å². The zero-order valence-corrected chi connectivity index (χ0v) is 15.2. The van der Waals surface area contributed by atoms with Gasteiger partial charge in [-0.1, -0.05) is 34.6 Å². The smallest absolute Gasteiger partial charge is 0.309 e. The Hall–Kier alpha value is -0.530. The second kappa shape index (κ2) is 5.53. The van der Waals surface area contributed by atoms with Gasteiger partial charge in [0.2, 0.25) is 0 Å². The van der Waals surface area contributed by atoms with Crippen LogP contribution >= 0.6 is 0 Å². The highest BCUT2D eigenvalue weighted by molar-refractivity contribution is 5.72. The molecule has 4 rings (SSSR count). The van der Waals surface area contributed by atoms with E-state index >= 15 is 0 Å². The Balaban J connectivity index is 1.96. The molecular weight excluding hydrogens is 272 g/mol. The SMILES string of the molecule is CCC(C)C(=O)OC1(C(C)(C)CC)C2CC3CC(C2)CC1C3. The van der Waals surface area contributed by atoms with Gasteiger partial charge in [-0.2, -0.15) is 0 Å². The lowest BCUT2D eigenvalue weighted by atomic mass is 9.44. The van der Waals surface area contributed by atoms with Crippen LogP contribution in [0, 0.1) is 35.0 Å². The number of rotatable bonds is 5. The molecule has 0 spiro atoms. The molecule has 0 radical (unpaired) electrons. The summed E-state index contributed by atoms with van der Waals surface area (Å²) >= 11 is 0. The molecule has 4 bridgehead atoms. The molecule has 1 atom stereocenters. The minimum absolute atomic E-state index is 0.0294. The third-order valence-electron chi connectivity index (χ3n) is 7.58. The van der Waals surface area contributed by atoms with Crippen LogP contribution in [0.15, 0.2) is 0 Å². The molecule has 2 heteroatoms. The molecule has 0 aromatic rings. The van der Waals surface area contributed by atoms with Crippen molar-refractivity contribution in [3.63, 3.8) is 0 Å². The Morgan fingerprint density at radius 1 is 1.09 bits per heavy atom. The molecule has 1 unspecified atom stereocenters. The Bertz CT molecular complexity index is 409. The van der Waals surface area contributed by atoms with Crippen LogP contribution in [-0.2, 0) is 9.53 Å². The maximum absolute atomic E-state index is 12.7. The molecule has 4 fully saturated rings. The van der Waals surface area contributed by atoms with Gasteiger partial charge in [0.05, 0.1) is 5.92 Å². The molecule has 0 heterocycles. The minimum atomic E-state index is -0.199. The third-order valence-corrected chi connectivity index (χ3v) is 7.58. The van der Waals surface area contributed by atoms with Crippen LogP contribution in [0.5, 0.6) is 0 Å². The van der Waals surface area contributed by atoms with Crippen LogP contribution in [-0.4, -0.2) is 11.6 Å². The van der Waals surface area contributed by atoms with E-state index in [1.807, 2.05) is 6.92 Å². The van der Waals surface area contributed by atoms with Crippen molar-refractivity contribution in [2.24, 2.45) is 35.0 Å². The second-order valence-corrected chi connectivity index (χ2v) is 9.07. The van der Waals surface area contributed by atoms with Crippen LogP contribution in [0.2, 0.25) is 0 Å². The van der Waals surface area contributed by atoms with Crippen molar-refractivity contribution in [3.05, 3.63) is 0 Å². The summed E-state index contributed by atoms with van der Waals surface area (Å²) in [5.74, 6) is 3.10. The van der Waals surface area contributed by atoms with E-state index in [0.29, 0.717) is 11.8 Å². The number of hydrogen-bond donors (Lipinski definition) is 0. The van der Waals surface area contributed by atoms with Gasteiger partial charge >= 0.3 is 5.97 Å². The largest absolute Gasteiger partial charge is 0.458 e. The van der Waals surface area contributed by atoms with Crippen molar-refractivity contribution in [2.75, 3.05) is 0 Å². The molecule has 4 saturated carbocycles. The standard InChI is InChI=1S/C20H34O2/c1-6-13(3)18(21)22-20(19(4,5)7-2)16-9-14-8-15(11-16)12-17(20)10-14/h13-17H,6-12H2,1-5H3. The quantitative estimate of drug-likeness (QED) is 0.652. The number of esters is 1. The summed E-state index contributed by atoms with van der Waals surface area (Å²) in [6, 6.07) is 0. The Kier molecular flexibility index (Phi) is 4.10. The highest BCUT2D eigenvalue weighted by Gasteiger charge is 2.64. The topological polar surface area (TPSA) is 26.3 Å². The van der Waals surface area contributed by atoms with E-state index in [4.69, 9.17) is 4.74 Å². The average Bonchev–Trinajstić information content (AvgIpc) is 2.48. The molecule has 0 N–H and O–H groups in total. The van der Waals surface area contributed by atoms with E-state index in [9.17, 15) is 4.79 Å². The zero-order chi connectivity index (χ0) is 16.1. The van der Waals surface area contributed by atoms with E-state index in [1.54, 1.807) is 0 Å². The fraction of sp³-hybridized carbons (Fsp3) is 0.950. The lowest BCUT2D eigenvalue weighted by Crippen LogP contribution is -2.66. The second-order valence-electron chi connectivity index (χ2n) is 9.07. The highest BCUT2D eigenvalue weighted by atomic mass is 16.6. The van der Waals surface area contributed by atoms with Gasteiger partial charge in [0.25, 0.3) is 0 Å². The van der Waals surface area contributed by atoms with Gasteiger partial charge < -0.3 is 4.74 Å². The molecule has 2 nitrogen and oxygen atoms in total. The Morgan fingerprint density at radius 3 is 2.00 bits per heavy atom. The first-order valence-corrected chi connectivity index (χ1v) is 9.56. The number of carbonyl (C=O) groups is 1. The van der Waals surface area contributed by atoms with E-state index in [-0.39, 0.29) is 22.9 Å². The van der Waals surface area contributed by atoms with Gasteiger partial charge in [-0.05, 0) is 56.8 Å². The van der Waals surface area contributed by atoms with Crippen molar-refractivity contribution in [1.82, 2.24) is 0 Å². The number of carbonyl (C=O) groups excluding carboxylic acids is 1. The normalized spacial score (nSPS) is 41.5. The van der Waals surface area contributed by atoms with Crippen LogP contribution in [0.4, 0.5) is 0 Å². The monoisotopic (exact) mass is 306 g/mol. The number of ether oxygens (including phenoxy) is 1. The first kappa shape index (κ1) is 16.3. The average molecular weight is 306 g/mol. The third kappa shape index (κ3) is 2.24. The molecule has 22 heavy (non-hydrogen) atoms. The summed E-state index contributed by atoms with van der Waals surface area (Å²) in [6.07, 6.45) is 8.59. The Labute approximate surface area is 136 Å². The van der Waals surface area contributed by atoms with E-state index in [1.165, 1.54) is 32.1 Å². The fourth-order valence-electron chi connectivity index (χ4n) is 6.00. The summed E-state index contributed by atoms with van der Waals surface area (Å²) in [5, 5.41) is 0. The molecule has 0 aromatic carbocycles.